The summed E-state index contributed by atoms with van der Waals surface area (Å²) in [5, 5.41) is 6.88. The molecule has 0 bridgehead atoms. The first-order valence-electron chi connectivity index (χ1n) is 9.08. The van der Waals surface area contributed by atoms with E-state index in [1.807, 2.05) is 0 Å². The topological polar surface area (TPSA) is 76.7 Å². The molecule has 2 rings (SSSR count). The van der Waals surface area contributed by atoms with Crippen LogP contribution in [-0.2, 0) is 27.1 Å². The van der Waals surface area contributed by atoms with Gasteiger partial charge in [0, 0.05) is 4.88 Å². The summed E-state index contributed by atoms with van der Waals surface area (Å²) in [4.78, 5) is 25.2. The Hall–Kier alpha value is -1.67. The fraction of sp³-hybridized carbons (Fsp3) is 0.611. The van der Waals surface area contributed by atoms with Crippen LogP contribution in [0.4, 0.5) is 5.00 Å². The van der Waals surface area contributed by atoms with Gasteiger partial charge in [0.15, 0.2) is 5.11 Å². The van der Waals surface area contributed by atoms with Gasteiger partial charge in [0.2, 0.25) is 0 Å². The molecule has 0 radical (unpaired) electrons. The van der Waals surface area contributed by atoms with Crippen LogP contribution in [0.25, 0.3) is 0 Å². The molecule has 0 aromatic carbocycles. The molecule has 0 saturated heterocycles. The minimum Gasteiger partial charge on any atom is -0.465 e. The Labute approximate surface area is 163 Å². The first-order valence-corrected chi connectivity index (χ1v) is 10.3. The van der Waals surface area contributed by atoms with Gasteiger partial charge in [0.05, 0.1) is 18.8 Å². The molecule has 1 aliphatic carbocycles. The van der Waals surface area contributed by atoms with Crippen molar-refractivity contribution in [2.75, 3.05) is 25.1 Å². The van der Waals surface area contributed by atoms with Gasteiger partial charge in [0.25, 0.3) is 0 Å². The summed E-state index contributed by atoms with van der Waals surface area (Å²) >= 11 is 6.82. The first kappa shape index (κ1) is 20.6. The fourth-order valence-corrected chi connectivity index (χ4v) is 4.46. The van der Waals surface area contributed by atoms with Crippen LogP contribution in [0.5, 0.6) is 0 Å². The highest BCUT2D eigenvalue weighted by Gasteiger charge is 2.25. The summed E-state index contributed by atoms with van der Waals surface area (Å²) in [6.07, 6.45) is 6.44. The van der Waals surface area contributed by atoms with Gasteiger partial charge in [-0.25, -0.2) is 4.79 Å². The molecule has 0 aliphatic heterocycles. The standard InChI is InChI=1S/C18H26N2O4S2/c1-3-23-14(21)11-19-18(25)20-16-15(17(22)24-4-2)12-9-7-5-6-8-10-13(12)26-16/h3-11H2,1-2H3,(H2,19,20,25). The van der Waals surface area contributed by atoms with Crippen molar-refractivity contribution in [2.24, 2.45) is 0 Å². The van der Waals surface area contributed by atoms with Gasteiger partial charge >= 0.3 is 11.9 Å². The average molecular weight is 399 g/mol. The zero-order chi connectivity index (χ0) is 18.9. The molecule has 2 N–H and O–H groups in total. The predicted octanol–water partition coefficient (Wildman–Crippen LogP) is 3.43. The molecule has 8 heteroatoms. The number of hydrogen-bond donors (Lipinski definition) is 2. The highest BCUT2D eigenvalue weighted by Crippen LogP contribution is 2.37. The number of esters is 2. The zero-order valence-corrected chi connectivity index (χ0v) is 16.9. The number of ether oxygens (including phenoxy) is 2. The van der Waals surface area contributed by atoms with Crippen molar-refractivity contribution in [3.05, 3.63) is 16.0 Å². The van der Waals surface area contributed by atoms with Gasteiger partial charge in [-0.2, -0.15) is 0 Å². The minimum absolute atomic E-state index is 0.0144. The summed E-state index contributed by atoms with van der Waals surface area (Å²) < 4.78 is 10.1. The van der Waals surface area contributed by atoms with Crippen molar-refractivity contribution in [2.45, 2.75) is 52.4 Å². The van der Waals surface area contributed by atoms with E-state index < -0.39 is 0 Å². The van der Waals surface area contributed by atoms with Crippen molar-refractivity contribution in [1.29, 1.82) is 0 Å². The number of nitrogens with one attached hydrogen (secondary N) is 2. The monoisotopic (exact) mass is 398 g/mol. The van der Waals surface area contributed by atoms with Crippen LogP contribution in [0.1, 0.15) is 60.3 Å². The van der Waals surface area contributed by atoms with Crippen molar-refractivity contribution in [1.82, 2.24) is 5.32 Å². The number of aryl methyl sites for hydroxylation is 1. The lowest BCUT2D eigenvalue weighted by molar-refractivity contribution is -0.141. The van der Waals surface area contributed by atoms with Crippen LogP contribution in [0.3, 0.4) is 0 Å². The molecule has 6 nitrogen and oxygen atoms in total. The Morgan fingerprint density at radius 2 is 1.77 bits per heavy atom. The van der Waals surface area contributed by atoms with Crippen LogP contribution in [-0.4, -0.2) is 36.8 Å². The lowest BCUT2D eigenvalue weighted by Gasteiger charge is -2.12. The number of thiophene rings is 1. The molecule has 0 amide bonds. The third kappa shape index (κ3) is 5.67. The third-order valence-corrected chi connectivity index (χ3v) is 5.53. The van der Waals surface area contributed by atoms with Crippen molar-refractivity contribution < 1.29 is 19.1 Å². The van der Waals surface area contributed by atoms with E-state index >= 15 is 0 Å². The number of hydrogen-bond acceptors (Lipinski definition) is 6. The van der Waals surface area contributed by atoms with Gasteiger partial charge in [0.1, 0.15) is 11.5 Å². The maximum atomic E-state index is 12.5. The SMILES string of the molecule is CCOC(=O)CNC(=S)Nc1sc2c(c1C(=O)OCC)CCCCCC2. The second-order valence-corrected chi connectivity index (χ2v) is 7.47. The molecule has 0 unspecified atom stereocenters. The lowest BCUT2D eigenvalue weighted by Crippen LogP contribution is -2.34. The molecule has 1 aromatic rings. The largest absolute Gasteiger partial charge is 0.465 e. The van der Waals surface area contributed by atoms with Gasteiger partial charge in [-0.05, 0) is 57.3 Å². The van der Waals surface area contributed by atoms with E-state index in [4.69, 9.17) is 21.7 Å². The van der Waals surface area contributed by atoms with E-state index in [-0.39, 0.29) is 23.6 Å². The molecule has 1 aromatic heterocycles. The second-order valence-electron chi connectivity index (χ2n) is 5.96. The Morgan fingerprint density at radius 1 is 1.08 bits per heavy atom. The maximum Gasteiger partial charge on any atom is 0.341 e. The second kappa shape index (κ2) is 10.5. The number of thiocarbonyl (C=S) groups is 1. The quantitative estimate of drug-likeness (QED) is 0.561. The smallest absolute Gasteiger partial charge is 0.341 e. The number of rotatable bonds is 6. The fourth-order valence-electron chi connectivity index (χ4n) is 2.94. The third-order valence-electron chi connectivity index (χ3n) is 4.08. The lowest BCUT2D eigenvalue weighted by atomic mass is 9.96. The first-order chi connectivity index (χ1) is 12.6. The number of fused-ring (bicyclic) bond motifs is 1. The summed E-state index contributed by atoms with van der Waals surface area (Å²) in [5.41, 5.74) is 1.68. The van der Waals surface area contributed by atoms with E-state index in [1.54, 1.807) is 25.2 Å². The van der Waals surface area contributed by atoms with Gasteiger partial charge < -0.3 is 20.1 Å². The highest BCUT2D eigenvalue weighted by molar-refractivity contribution is 7.80. The summed E-state index contributed by atoms with van der Waals surface area (Å²) in [5.74, 6) is -0.693. The molecule has 26 heavy (non-hydrogen) atoms. The normalized spacial score (nSPS) is 13.8. The van der Waals surface area contributed by atoms with E-state index in [2.05, 4.69) is 10.6 Å². The minimum atomic E-state index is -0.374. The molecule has 144 valence electrons. The van der Waals surface area contributed by atoms with Gasteiger partial charge in [-0.1, -0.05) is 12.8 Å². The maximum absolute atomic E-state index is 12.5. The summed E-state index contributed by atoms with van der Waals surface area (Å²) in [6, 6.07) is 0. The Bertz CT molecular complexity index is 658. The zero-order valence-electron chi connectivity index (χ0n) is 15.3. The summed E-state index contributed by atoms with van der Waals surface area (Å²) in [6.45, 7) is 4.19. The van der Waals surface area contributed by atoms with Crippen molar-refractivity contribution in [3.63, 3.8) is 0 Å². The average Bonchev–Trinajstić information content (AvgIpc) is 2.90. The molecule has 0 saturated carbocycles. The Morgan fingerprint density at radius 3 is 2.46 bits per heavy atom. The Balaban J connectivity index is 2.17. The number of carbonyl (C=O) groups is 2. The molecule has 0 atom stereocenters. The van der Waals surface area contributed by atoms with Crippen molar-refractivity contribution >= 4 is 45.6 Å². The molecule has 1 heterocycles. The van der Waals surface area contributed by atoms with Crippen LogP contribution >= 0.6 is 23.6 Å². The highest BCUT2D eigenvalue weighted by atomic mass is 32.1. The summed E-state index contributed by atoms with van der Waals surface area (Å²) in [7, 11) is 0. The van der Waals surface area contributed by atoms with E-state index in [1.165, 1.54) is 17.7 Å². The van der Waals surface area contributed by atoms with Crippen LogP contribution in [0, 0.1) is 0 Å². The number of carbonyl (C=O) groups excluding carboxylic acids is 2. The van der Waals surface area contributed by atoms with Gasteiger partial charge in [-0.15, -0.1) is 11.3 Å². The molecular formula is C18H26N2O4S2. The van der Waals surface area contributed by atoms with Crippen LogP contribution in [0.2, 0.25) is 0 Å². The van der Waals surface area contributed by atoms with Gasteiger partial charge in [-0.3, -0.25) is 4.79 Å². The van der Waals surface area contributed by atoms with Crippen LogP contribution in [0.15, 0.2) is 0 Å². The molecule has 1 aliphatic rings. The van der Waals surface area contributed by atoms with Crippen LogP contribution < -0.4 is 10.6 Å². The number of anilines is 1. The molecule has 0 spiro atoms. The Kier molecular flexibility index (Phi) is 8.31. The van der Waals surface area contributed by atoms with Crippen molar-refractivity contribution in [3.8, 4) is 0 Å². The predicted molar refractivity (Wildman–Crippen MR) is 107 cm³/mol. The van der Waals surface area contributed by atoms with E-state index in [9.17, 15) is 9.59 Å². The van der Waals surface area contributed by atoms with E-state index in [0.29, 0.717) is 23.8 Å². The molecular weight excluding hydrogens is 372 g/mol. The van der Waals surface area contributed by atoms with E-state index in [0.717, 1.165) is 31.2 Å². The molecule has 0 fully saturated rings.